The molecule has 0 unspecified atom stereocenters. The third-order valence-electron chi connectivity index (χ3n) is 4.95. The molecule has 4 amide bonds. The van der Waals surface area contributed by atoms with Crippen LogP contribution in [0, 0.1) is 12.3 Å². The minimum Gasteiger partial charge on any atom is -0.465 e. The van der Waals surface area contributed by atoms with E-state index in [9.17, 15) is 34.0 Å². The molecule has 0 saturated carbocycles. The van der Waals surface area contributed by atoms with E-state index in [0.717, 1.165) is 0 Å². The summed E-state index contributed by atoms with van der Waals surface area (Å²) in [5.74, 6) is -0.486. The SMILES string of the molecule is C#Cc1ccc(N(O)C(=O)CC[C@H](NC(=O)CCC)C(=O)NCC(=O)OCC)cn1.CCOC(=O)CNC(=O)OC(C)(C)C. The number of rotatable bonds is 14. The smallest absolute Gasteiger partial charge is 0.408 e. The molecule has 4 N–H and O–H groups in total. The molecule has 0 fully saturated rings. The minimum absolute atomic E-state index is 0.0874. The molecule has 0 aliphatic carbocycles. The lowest BCUT2D eigenvalue weighted by molar-refractivity contribution is -0.144. The standard InChI is InChI=1S/C20H26N4O6.C9H17NO4/c1-4-7-17(25)23-16(20(28)22-13-19(27)30-6-3)10-11-18(26)24(29)15-9-8-14(5-2)21-12-15;1-5-13-7(11)6-10-8(12)14-9(2,3)4/h2,8-9,12,16,29H,4,6-7,10-11,13H2,1,3H3,(H,22,28)(H,23,25);5-6H2,1-4H3,(H,10,12)/t16-;/m0./s1. The average molecular weight is 622 g/mol. The van der Waals surface area contributed by atoms with Gasteiger partial charge in [-0.25, -0.2) is 9.78 Å². The van der Waals surface area contributed by atoms with E-state index >= 15 is 0 Å². The fourth-order valence-corrected chi connectivity index (χ4v) is 3.04. The summed E-state index contributed by atoms with van der Waals surface area (Å²) in [4.78, 5) is 73.7. The van der Waals surface area contributed by atoms with Gasteiger partial charge < -0.3 is 30.2 Å². The van der Waals surface area contributed by atoms with Gasteiger partial charge in [-0.3, -0.25) is 29.2 Å². The molecular formula is C29H43N5O10. The van der Waals surface area contributed by atoms with Crippen molar-refractivity contribution in [1.82, 2.24) is 20.9 Å². The second-order valence-corrected chi connectivity index (χ2v) is 9.84. The van der Waals surface area contributed by atoms with Crippen molar-refractivity contribution in [2.24, 2.45) is 0 Å². The van der Waals surface area contributed by atoms with Crippen LogP contribution in [0.25, 0.3) is 0 Å². The molecule has 15 nitrogen and oxygen atoms in total. The number of pyridine rings is 1. The van der Waals surface area contributed by atoms with Crippen molar-refractivity contribution in [2.75, 3.05) is 31.4 Å². The van der Waals surface area contributed by atoms with Gasteiger partial charge in [-0.05, 0) is 59.6 Å². The molecule has 1 aromatic heterocycles. The summed E-state index contributed by atoms with van der Waals surface area (Å²) >= 11 is 0. The number of nitrogens with one attached hydrogen (secondary N) is 3. The largest absolute Gasteiger partial charge is 0.465 e. The van der Waals surface area contributed by atoms with Crippen molar-refractivity contribution in [3.63, 3.8) is 0 Å². The third-order valence-corrected chi connectivity index (χ3v) is 4.95. The molecule has 0 aliphatic rings. The zero-order valence-electron chi connectivity index (χ0n) is 26.1. The zero-order chi connectivity index (χ0) is 33.7. The first kappa shape index (κ1) is 39.3. The molecule has 0 bridgehead atoms. The third kappa shape index (κ3) is 18.0. The number of anilines is 1. The number of hydroxylamine groups is 1. The number of carbonyl (C=O) groups excluding carboxylic acids is 6. The van der Waals surface area contributed by atoms with E-state index in [2.05, 4.69) is 31.6 Å². The summed E-state index contributed by atoms with van der Waals surface area (Å²) < 4.78 is 14.3. The molecule has 0 spiro atoms. The predicted octanol–water partition coefficient (Wildman–Crippen LogP) is 1.60. The van der Waals surface area contributed by atoms with E-state index in [1.807, 2.05) is 6.92 Å². The lowest BCUT2D eigenvalue weighted by atomic mass is 10.1. The van der Waals surface area contributed by atoms with Crippen molar-refractivity contribution >= 4 is 41.4 Å². The highest BCUT2D eigenvalue weighted by Crippen LogP contribution is 2.13. The minimum atomic E-state index is -1.06. The molecule has 1 atom stereocenters. The Hall–Kier alpha value is -4.71. The number of esters is 2. The average Bonchev–Trinajstić information content (AvgIpc) is 2.96. The number of nitrogens with zero attached hydrogens (tertiary/aromatic N) is 2. The summed E-state index contributed by atoms with van der Waals surface area (Å²) in [5, 5.41) is 17.6. The topological polar surface area (TPSA) is 203 Å². The quantitative estimate of drug-likeness (QED) is 0.0772. The normalized spacial score (nSPS) is 10.9. The number of ether oxygens (including phenoxy) is 3. The molecule has 1 rings (SSSR count). The molecular weight excluding hydrogens is 578 g/mol. The monoisotopic (exact) mass is 621 g/mol. The number of hydrogen-bond donors (Lipinski definition) is 4. The fraction of sp³-hybridized carbons (Fsp3) is 0.552. The van der Waals surface area contributed by atoms with Gasteiger partial charge in [-0.1, -0.05) is 12.8 Å². The van der Waals surface area contributed by atoms with Crippen molar-refractivity contribution in [3.8, 4) is 12.3 Å². The molecule has 0 aliphatic heterocycles. The number of terminal acetylenes is 1. The summed E-state index contributed by atoms with van der Waals surface area (Å²) in [7, 11) is 0. The lowest BCUT2D eigenvalue weighted by Crippen LogP contribution is -2.48. The van der Waals surface area contributed by atoms with Gasteiger partial charge in [0.2, 0.25) is 11.8 Å². The molecule has 0 radical (unpaired) electrons. The van der Waals surface area contributed by atoms with Crippen LogP contribution in [0.4, 0.5) is 10.5 Å². The van der Waals surface area contributed by atoms with Gasteiger partial charge in [0, 0.05) is 12.8 Å². The summed E-state index contributed by atoms with van der Waals surface area (Å²) in [6.45, 7) is 10.3. The van der Waals surface area contributed by atoms with Gasteiger partial charge in [-0.2, -0.15) is 5.06 Å². The Morgan fingerprint density at radius 1 is 0.977 bits per heavy atom. The Labute approximate surface area is 257 Å². The molecule has 0 saturated heterocycles. The fourth-order valence-electron chi connectivity index (χ4n) is 3.04. The predicted molar refractivity (Wildman–Crippen MR) is 158 cm³/mol. The van der Waals surface area contributed by atoms with Crippen LogP contribution in [-0.2, 0) is 38.2 Å². The maximum absolute atomic E-state index is 12.4. The Morgan fingerprint density at radius 3 is 2.05 bits per heavy atom. The van der Waals surface area contributed by atoms with Crippen LogP contribution >= 0.6 is 0 Å². The highest BCUT2D eigenvalue weighted by molar-refractivity contribution is 5.93. The first-order valence-corrected chi connectivity index (χ1v) is 14.0. The van der Waals surface area contributed by atoms with Gasteiger partial charge in [0.15, 0.2) is 0 Å². The van der Waals surface area contributed by atoms with Crippen LogP contribution in [0.3, 0.4) is 0 Å². The van der Waals surface area contributed by atoms with Crippen LogP contribution in [0.15, 0.2) is 18.3 Å². The molecule has 44 heavy (non-hydrogen) atoms. The number of amides is 4. The number of carbonyl (C=O) groups is 6. The lowest BCUT2D eigenvalue weighted by Gasteiger charge is -2.20. The van der Waals surface area contributed by atoms with Crippen molar-refractivity contribution in [2.45, 2.75) is 78.9 Å². The highest BCUT2D eigenvalue weighted by Gasteiger charge is 2.24. The number of hydrogen-bond acceptors (Lipinski definition) is 11. The molecule has 1 heterocycles. The molecule has 1 aromatic rings. The van der Waals surface area contributed by atoms with Crippen LogP contribution < -0.4 is 21.0 Å². The van der Waals surface area contributed by atoms with E-state index < -0.39 is 41.5 Å². The summed E-state index contributed by atoms with van der Waals surface area (Å²) in [6, 6.07) is 1.83. The summed E-state index contributed by atoms with van der Waals surface area (Å²) in [5.41, 5.74) is -0.104. The number of alkyl carbamates (subject to hydrolysis) is 1. The van der Waals surface area contributed by atoms with E-state index in [0.29, 0.717) is 23.8 Å². The Morgan fingerprint density at radius 2 is 1.57 bits per heavy atom. The van der Waals surface area contributed by atoms with Crippen molar-refractivity contribution in [3.05, 3.63) is 24.0 Å². The van der Waals surface area contributed by atoms with E-state index in [4.69, 9.17) is 15.9 Å². The van der Waals surface area contributed by atoms with Gasteiger partial charge in [-0.15, -0.1) is 6.42 Å². The maximum atomic E-state index is 12.4. The van der Waals surface area contributed by atoms with Gasteiger partial charge in [0.25, 0.3) is 5.91 Å². The van der Waals surface area contributed by atoms with E-state index in [1.54, 1.807) is 34.6 Å². The van der Waals surface area contributed by atoms with Crippen LogP contribution in [0.1, 0.15) is 72.9 Å². The molecule has 244 valence electrons. The highest BCUT2D eigenvalue weighted by atomic mass is 16.6. The second kappa shape index (κ2) is 21.1. The van der Waals surface area contributed by atoms with E-state index in [1.165, 1.54) is 18.3 Å². The Balaban J connectivity index is 0.00000111. The van der Waals surface area contributed by atoms with Crippen molar-refractivity contribution in [1.29, 1.82) is 0 Å². The van der Waals surface area contributed by atoms with Crippen LogP contribution in [0.2, 0.25) is 0 Å². The van der Waals surface area contributed by atoms with Gasteiger partial charge in [0.05, 0.1) is 25.1 Å². The van der Waals surface area contributed by atoms with E-state index in [-0.39, 0.29) is 50.6 Å². The van der Waals surface area contributed by atoms with Crippen LogP contribution in [-0.4, -0.2) is 83.9 Å². The second-order valence-electron chi connectivity index (χ2n) is 9.84. The van der Waals surface area contributed by atoms with Gasteiger partial charge >= 0.3 is 18.0 Å². The van der Waals surface area contributed by atoms with Gasteiger partial charge in [0.1, 0.15) is 30.4 Å². The first-order chi connectivity index (χ1) is 20.7. The summed E-state index contributed by atoms with van der Waals surface area (Å²) in [6.07, 6.45) is 6.27. The van der Waals surface area contributed by atoms with Crippen molar-refractivity contribution < 1.29 is 48.2 Å². The number of aromatic nitrogens is 1. The zero-order valence-corrected chi connectivity index (χ0v) is 26.1. The maximum Gasteiger partial charge on any atom is 0.408 e. The molecule has 0 aromatic carbocycles. The Bertz CT molecular complexity index is 1140. The molecule has 15 heteroatoms. The Kier molecular flexibility index (Phi) is 18.8. The first-order valence-electron chi connectivity index (χ1n) is 14.0. The van der Waals surface area contributed by atoms with Crippen LogP contribution in [0.5, 0.6) is 0 Å².